The molecule has 2 heterocycles. The molecule has 0 spiro atoms. The molecule has 2 aromatic heterocycles. The number of carbonyl (C=O) groups is 1. The fourth-order valence-corrected chi connectivity index (χ4v) is 2.17. The minimum atomic E-state index is -0.391. The smallest absolute Gasteiger partial charge is 0.337 e. The van der Waals surface area contributed by atoms with Gasteiger partial charge in [0.1, 0.15) is 0 Å². The molecule has 7 heteroatoms. The number of carbonyl (C=O) groups excluding carboxylic acids is 1. The van der Waals surface area contributed by atoms with Gasteiger partial charge in [-0.2, -0.15) is 5.10 Å². The lowest BCUT2D eigenvalue weighted by Crippen LogP contribution is -2.02. The zero-order chi connectivity index (χ0) is 14.8. The van der Waals surface area contributed by atoms with E-state index >= 15 is 0 Å². The van der Waals surface area contributed by atoms with Gasteiger partial charge in [0.05, 0.1) is 18.4 Å². The Hall–Kier alpha value is -2.60. The summed E-state index contributed by atoms with van der Waals surface area (Å²) in [4.78, 5) is 15.8. The summed E-state index contributed by atoms with van der Waals surface area (Å²) in [7, 11) is 1.35. The Morgan fingerprint density at radius 1 is 1.38 bits per heavy atom. The van der Waals surface area contributed by atoms with E-state index in [1.54, 1.807) is 41.2 Å². The quantitative estimate of drug-likeness (QED) is 0.753. The van der Waals surface area contributed by atoms with Gasteiger partial charge in [0.2, 0.25) is 0 Å². The minimum absolute atomic E-state index is 0.340. The zero-order valence-electron chi connectivity index (χ0n) is 11.1. The molecule has 0 unspecified atom stereocenters. The van der Waals surface area contributed by atoms with Crippen molar-refractivity contribution in [3.8, 4) is 0 Å². The maximum Gasteiger partial charge on any atom is 0.337 e. The molecular formula is C14H11ClN4O2. The fourth-order valence-electron chi connectivity index (χ4n) is 1.98. The number of benzene rings is 1. The summed E-state index contributed by atoms with van der Waals surface area (Å²) in [6, 6.07) is 8.65. The number of hydrogen-bond acceptors (Lipinski definition) is 5. The first-order valence-electron chi connectivity index (χ1n) is 6.12. The van der Waals surface area contributed by atoms with Gasteiger partial charge in [-0.15, -0.1) is 0 Å². The van der Waals surface area contributed by atoms with E-state index in [0.29, 0.717) is 22.1 Å². The van der Waals surface area contributed by atoms with E-state index in [4.69, 9.17) is 16.3 Å². The monoisotopic (exact) mass is 302 g/mol. The summed E-state index contributed by atoms with van der Waals surface area (Å²) in [6.07, 6.45) is 3.34. The van der Waals surface area contributed by atoms with Gasteiger partial charge in [-0.05, 0) is 18.2 Å². The molecule has 0 saturated carbocycles. The van der Waals surface area contributed by atoms with Crippen molar-refractivity contribution in [1.29, 1.82) is 0 Å². The first-order chi connectivity index (χ1) is 10.2. The van der Waals surface area contributed by atoms with Gasteiger partial charge < -0.3 is 10.1 Å². The van der Waals surface area contributed by atoms with E-state index in [1.807, 2.05) is 6.07 Å². The van der Waals surface area contributed by atoms with Crippen molar-refractivity contribution in [1.82, 2.24) is 14.6 Å². The standard InChI is InChI=1S/C14H11ClN4O2/c1-21-14(20)9-3-2-4-10(7-9)17-11-8-12(15)18-19-6-5-16-13(11)19/h2-8,17H,1H3. The molecule has 1 aromatic carbocycles. The number of methoxy groups -OCH3 is 1. The van der Waals surface area contributed by atoms with Gasteiger partial charge in [0, 0.05) is 24.1 Å². The van der Waals surface area contributed by atoms with E-state index < -0.39 is 5.97 Å². The highest BCUT2D eigenvalue weighted by Crippen LogP contribution is 2.23. The maximum absolute atomic E-state index is 11.5. The molecule has 0 fully saturated rings. The first kappa shape index (κ1) is 13.4. The third-order valence-corrected chi connectivity index (χ3v) is 3.08. The van der Waals surface area contributed by atoms with Crippen molar-refractivity contribution in [2.75, 3.05) is 12.4 Å². The molecular weight excluding hydrogens is 292 g/mol. The summed E-state index contributed by atoms with van der Waals surface area (Å²) in [5, 5.41) is 7.62. The van der Waals surface area contributed by atoms with Crippen LogP contribution >= 0.6 is 11.6 Å². The van der Waals surface area contributed by atoms with Gasteiger partial charge >= 0.3 is 5.97 Å². The molecule has 0 aliphatic rings. The van der Waals surface area contributed by atoms with Crippen LogP contribution in [0.2, 0.25) is 5.15 Å². The van der Waals surface area contributed by atoms with E-state index in [2.05, 4.69) is 15.4 Å². The maximum atomic E-state index is 11.5. The lowest BCUT2D eigenvalue weighted by atomic mass is 10.2. The number of hydrogen-bond donors (Lipinski definition) is 1. The van der Waals surface area contributed by atoms with Crippen LogP contribution in [0.4, 0.5) is 11.4 Å². The van der Waals surface area contributed by atoms with Crippen LogP contribution in [-0.2, 0) is 4.74 Å². The fraction of sp³-hybridized carbons (Fsp3) is 0.0714. The van der Waals surface area contributed by atoms with Crippen LogP contribution < -0.4 is 5.32 Å². The average molecular weight is 303 g/mol. The molecule has 0 aliphatic carbocycles. The summed E-state index contributed by atoms with van der Waals surface area (Å²) in [6.45, 7) is 0. The Labute approximate surface area is 125 Å². The highest BCUT2D eigenvalue weighted by Gasteiger charge is 2.09. The second kappa shape index (κ2) is 5.41. The summed E-state index contributed by atoms with van der Waals surface area (Å²) in [5.41, 5.74) is 2.52. The molecule has 0 aliphatic heterocycles. The van der Waals surface area contributed by atoms with Crippen LogP contribution in [0.1, 0.15) is 10.4 Å². The van der Waals surface area contributed by atoms with Crippen molar-refractivity contribution in [3.05, 3.63) is 53.4 Å². The number of rotatable bonds is 3. The largest absolute Gasteiger partial charge is 0.465 e. The number of nitrogens with one attached hydrogen (secondary N) is 1. The van der Waals surface area contributed by atoms with E-state index in [9.17, 15) is 4.79 Å². The molecule has 0 bridgehead atoms. The Morgan fingerprint density at radius 2 is 2.24 bits per heavy atom. The van der Waals surface area contributed by atoms with Gasteiger partial charge in [0.25, 0.3) is 0 Å². The average Bonchev–Trinajstić information content (AvgIpc) is 2.95. The second-order valence-electron chi connectivity index (χ2n) is 4.27. The number of fused-ring (bicyclic) bond motifs is 1. The Kier molecular flexibility index (Phi) is 3.45. The van der Waals surface area contributed by atoms with Gasteiger partial charge in [-0.1, -0.05) is 17.7 Å². The first-order valence-corrected chi connectivity index (χ1v) is 6.50. The van der Waals surface area contributed by atoms with Crippen LogP contribution in [0.3, 0.4) is 0 Å². The van der Waals surface area contributed by atoms with E-state index in [-0.39, 0.29) is 0 Å². The molecule has 106 valence electrons. The molecule has 6 nitrogen and oxygen atoms in total. The Balaban J connectivity index is 1.99. The highest BCUT2D eigenvalue weighted by atomic mass is 35.5. The van der Waals surface area contributed by atoms with Crippen LogP contribution in [0.15, 0.2) is 42.7 Å². The topological polar surface area (TPSA) is 68.5 Å². The Morgan fingerprint density at radius 3 is 3.05 bits per heavy atom. The van der Waals surface area contributed by atoms with Crippen molar-refractivity contribution in [3.63, 3.8) is 0 Å². The predicted molar refractivity (Wildman–Crippen MR) is 79.1 cm³/mol. The van der Waals surface area contributed by atoms with Gasteiger partial charge in [0.15, 0.2) is 10.8 Å². The number of nitrogens with zero attached hydrogens (tertiary/aromatic N) is 3. The third-order valence-electron chi connectivity index (χ3n) is 2.89. The molecule has 0 saturated heterocycles. The molecule has 21 heavy (non-hydrogen) atoms. The lowest BCUT2D eigenvalue weighted by molar-refractivity contribution is 0.0601. The number of aromatic nitrogens is 3. The third kappa shape index (κ3) is 2.66. The highest BCUT2D eigenvalue weighted by molar-refractivity contribution is 6.29. The van der Waals surface area contributed by atoms with Crippen LogP contribution in [0, 0.1) is 0 Å². The number of ether oxygens (including phenoxy) is 1. The van der Waals surface area contributed by atoms with Crippen molar-refractivity contribution in [2.45, 2.75) is 0 Å². The minimum Gasteiger partial charge on any atom is -0.465 e. The van der Waals surface area contributed by atoms with Crippen molar-refractivity contribution in [2.24, 2.45) is 0 Å². The number of esters is 1. The lowest BCUT2D eigenvalue weighted by Gasteiger charge is -2.09. The number of imidazole rings is 1. The number of halogens is 1. The predicted octanol–water partition coefficient (Wildman–Crippen LogP) is 2.91. The summed E-state index contributed by atoms with van der Waals surface area (Å²) in [5.74, 6) is -0.391. The van der Waals surface area contributed by atoms with Crippen LogP contribution in [0.5, 0.6) is 0 Å². The van der Waals surface area contributed by atoms with E-state index in [1.165, 1.54) is 7.11 Å². The molecule has 3 rings (SSSR count). The molecule has 0 amide bonds. The van der Waals surface area contributed by atoms with Gasteiger partial charge in [-0.3, -0.25) is 0 Å². The second-order valence-corrected chi connectivity index (χ2v) is 4.66. The molecule has 1 N–H and O–H groups in total. The molecule has 3 aromatic rings. The Bertz CT molecular complexity index is 816. The van der Waals surface area contributed by atoms with Gasteiger partial charge in [-0.25, -0.2) is 14.3 Å². The SMILES string of the molecule is COC(=O)c1cccc(Nc2cc(Cl)nn3ccnc23)c1. The van der Waals surface area contributed by atoms with Crippen molar-refractivity contribution < 1.29 is 9.53 Å². The molecule has 0 radical (unpaired) electrons. The number of anilines is 2. The normalized spacial score (nSPS) is 10.6. The van der Waals surface area contributed by atoms with Crippen molar-refractivity contribution >= 4 is 34.6 Å². The van der Waals surface area contributed by atoms with Crippen LogP contribution in [-0.4, -0.2) is 27.7 Å². The summed E-state index contributed by atoms with van der Waals surface area (Å²) < 4.78 is 6.28. The zero-order valence-corrected chi connectivity index (χ0v) is 11.8. The summed E-state index contributed by atoms with van der Waals surface area (Å²) >= 11 is 5.98. The van der Waals surface area contributed by atoms with E-state index in [0.717, 1.165) is 5.69 Å². The van der Waals surface area contributed by atoms with Crippen LogP contribution in [0.25, 0.3) is 5.65 Å². The molecule has 0 atom stereocenters.